The Balaban J connectivity index is 2.97. The first kappa shape index (κ1) is 8.34. The van der Waals surface area contributed by atoms with E-state index < -0.39 is 0 Å². The number of nitrogens with one attached hydrogen (secondary N) is 1. The quantitative estimate of drug-likeness (QED) is 0.714. The molecule has 1 N–H and O–H groups in total. The van der Waals surface area contributed by atoms with Crippen LogP contribution in [0.25, 0.3) is 10.2 Å². The molecule has 0 spiro atoms. The first-order chi connectivity index (χ1) is 5.66. The second-order valence-corrected chi connectivity index (χ2v) is 4.85. The second-order valence-electron chi connectivity index (χ2n) is 2.28. The van der Waals surface area contributed by atoms with Gasteiger partial charge in [-0.2, -0.15) is 0 Å². The van der Waals surface area contributed by atoms with E-state index in [1.54, 1.807) is 0 Å². The Bertz CT molecular complexity index is 488. The van der Waals surface area contributed by atoms with E-state index in [2.05, 4.69) is 20.9 Å². The van der Waals surface area contributed by atoms with Crippen molar-refractivity contribution in [3.05, 3.63) is 26.4 Å². The largest absolute Gasteiger partial charge is 0.336 e. The van der Waals surface area contributed by atoms with Gasteiger partial charge in [-0.3, -0.25) is 0 Å². The Morgan fingerprint density at radius 3 is 3.00 bits per heavy atom. The Hall–Kier alpha value is -0.260. The zero-order valence-corrected chi connectivity index (χ0v) is 8.95. The van der Waals surface area contributed by atoms with Crippen LogP contribution in [0.4, 0.5) is 4.39 Å². The summed E-state index contributed by atoms with van der Waals surface area (Å²) in [5, 5.41) is 0. The van der Waals surface area contributed by atoms with Crippen molar-refractivity contribution in [1.29, 1.82) is 0 Å². The van der Waals surface area contributed by atoms with E-state index in [-0.39, 0.29) is 5.82 Å². The first-order valence-corrected chi connectivity index (χ1v) is 5.16. The second kappa shape index (κ2) is 2.90. The van der Waals surface area contributed by atoms with Gasteiger partial charge in [0.05, 0.1) is 10.2 Å². The molecule has 12 heavy (non-hydrogen) atoms. The lowest BCUT2D eigenvalue weighted by Crippen LogP contribution is -1.75. The van der Waals surface area contributed by atoms with Crippen LogP contribution in [0.5, 0.6) is 0 Å². The molecule has 0 aliphatic heterocycles. The normalized spacial score (nSPS) is 10.8. The standard InChI is InChI=1S/C7H3BrFNS2/c8-4-1-3(9)2-5-6(4)10-7(11)12-5/h1-2H,(H,10,11). The van der Waals surface area contributed by atoms with E-state index in [1.165, 1.54) is 23.5 Å². The summed E-state index contributed by atoms with van der Waals surface area (Å²) in [6.45, 7) is 0. The number of halogens is 2. The fraction of sp³-hybridized carbons (Fsp3) is 0. The maximum Gasteiger partial charge on any atom is 0.159 e. The molecule has 0 saturated heterocycles. The van der Waals surface area contributed by atoms with E-state index in [0.29, 0.717) is 8.43 Å². The molecule has 2 aromatic rings. The van der Waals surface area contributed by atoms with Crippen LogP contribution in [-0.2, 0) is 0 Å². The van der Waals surface area contributed by atoms with Gasteiger partial charge in [0.25, 0.3) is 0 Å². The van der Waals surface area contributed by atoms with Crippen molar-refractivity contribution in [2.24, 2.45) is 0 Å². The fourth-order valence-electron chi connectivity index (χ4n) is 0.979. The molecule has 0 amide bonds. The molecular weight excluding hydrogens is 261 g/mol. The molecule has 62 valence electrons. The highest BCUT2D eigenvalue weighted by Crippen LogP contribution is 2.27. The molecule has 0 radical (unpaired) electrons. The Kier molecular flexibility index (Phi) is 2.02. The van der Waals surface area contributed by atoms with Gasteiger partial charge in [-0.1, -0.05) is 0 Å². The topological polar surface area (TPSA) is 15.8 Å². The Morgan fingerprint density at radius 1 is 1.50 bits per heavy atom. The molecule has 1 aromatic carbocycles. The molecule has 1 nitrogen and oxygen atoms in total. The summed E-state index contributed by atoms with van der Waals surface area (Å²) in [5.41, 5.74) is 0.867. The number of fused-ring (bicyclic) bond motifs is 1. The number of aromatic amines is 1. The lowest BCUT2D eigenvalue weighted by atomic mass is 10.3. The van der Waals surface area contributed by atoms with E-state index >= 15 is 0 Å². The molecule has 0 aliphatic rings. The third-order valence-electron chi connectivity index (χ3n) is 1.45. The highest BCUT2D eigenvalue weighted by molar-refractivity contribution is 9.10. The van der Waals surface area contributed by atoms with E-state index in [9.17, 15) is 4.39 Å². The average molecular weight is 264 g/mol. The smallest absolute Gasteiger partial charge is 0.159 e. The highest BCUT2D eigenvalue weighted by Gasteiger charge is 2.03. The van der Waals surface area contributed by atoms with Gasteiger partial charge in [-0.15, -0.1) is 11.3 Å². The molecule has 0 unspecified atom stereocenters. The van der Waals surface area contributed by atoms with Crippen LogP contribution in [0.3, 0.4) is 0 Å². The third kappa shape index (κ3) is 1.32. The van der Waals surface area contributed by atoms with Crippen molar-refractivity contribution in [2.45, 2.75) is 0 Å². The van der Waals surface area contributed by atoms with Crippen LogP contribution >= 0.6 is 39.5 Å². The van der Waals surface area contributed by atoms with Crippen molar-refractivity contribution in [3.8, 4) is 0 Å². The predicted molar refractivity (Wildman–Crippen MR) is 54.7 cm³/mol. The molecule has 0 fully saturated rings. The number of hydrogen-bond donors (Lipinski definition) is 1. The van der Waals surface area contributed by atoms with Gasteiger partial charge in [0.1, 0.15) is 5.82 Å². The predicted octanol–water partition coefficient (Wildman–Crippen LogP) is 3.86. The number of benzene rings is 1. The molecular formula is C7H3BrFNS2. The number of rotatable bonds is 0. The summed E-state index contributed by atoms with van der Waals surface area (Å²) in [4.78, 5) is 2.97. The number of H-pyrrole nitrogens is 1. The van der Waals surface area contributed by atoms with Crippen molar-refractivity contribution in [3.63, 3.8) is 0 Å². The number of aromatic nitrogens is 1. The third-order valence-corrected chi connectivity index (χ3v) is 3.26. The number of thiazole rings is 1. The molecule has 0 atom stereocenters. The van der Waals surface area contributed by atoms with Crippen LogP contribution in [0.15, 0.2) is 16.6 Å². The molecule has 1 heterocycles. The van der Waals surface area contributed by atoms with Crippen molar-refractivity contribution >= 4 is 49.7 Å². The molecule has 5 heteroatoms. The van der Waals surface area contributed by atoms with Gasteiger partial charge in [0.2, 0.25) is 0 Å². The van der Waals surface area contributed by atoms with Crippen LogP contribution < -0.4 is 0 Å². The zero-order valence-electron chi connectivity index (χ0n) is 5.73. The minimum atomic E-state index is -0.250. The highest BCUT2D eigenvalue weighted by atomic mass is 79.9. The minimum absolute atomic E-state index is 0.250. The van der Waals surface area contributed by atoms with Crippen molar-refractivity contribution in [2.75, 3.05) is 0 Å². The minimum Gasteiger partial charge on any atom is -0.336 e. The van der Waals surface area contributed by atoms with Crippen LogP contribution in [-0.4, -0.2) is 4.98 Å². The Labute approximate surface area is 85.4 Å². The lowest BCUT2D eigenvalue weighted by molar-refractivity contribution is 0.629. The molecule has 0 bridgehead atoms. The van der Waals surface area contributed by atoms with E-state index in [0.717, 1.165) is 10.2 Å². The fourth-order valence-corrected chi connectivity index (χ4v) is 2.80. The Morgan fingerprint density at radius 2 is 2.25 bits per heavy atom. The summed E-state index contributed by atoms with van der Waals surface area (Å²) < 4.78 is 15.1. The summed E-state index contributed by atoms with van der Waals surface area (Å²) >= 11 is 9.56. The lowest BCUT2D eigenvalue weighted by Gasteiger charge is -1.92. The van der Waals surface area contributed by atoms with E-state index in [4.69, 9.17) is 12.2 Å². The molecule has 2 rings (SSSR count). The van der Waals surface area contributed by atoms with Gasteiger partial charge in [0, 0.05) is 4.47 Å². The summed E-state index contributed by atoms with van der Waals surface area (Å²) in [5.74, 6) is -0.250. The molecule has 1 aromatic heterocycles. The van der Waals surface area contributed by atoms with Gasteiger partial charge in [0.15, 0.2) is 3.95 Å². The SMILES string of the molecule is Fc1cc(Br)c2[nH]c(=S)sc2c1. The summed E-state index contributed by atoms with van der Waals surface area (Å²) in [6, 6.07) is 2.89. The maximum atomic E-state index is 12.8. The number of hydrogen-bond acceptors (Lipinski definition) is 2. The van der Waals surface area contributed by atoms with Gasteiger partial charge >= 0.3 is 0 Å². The average Bonchev–Trinajstić information content (AvgIpc) is 2.29. The van der Waals surface area contributed by atoms with Gasteiger partial charge in [-0.05, 0) is 40.3 Å². The first-order valence-electron chi connectivity index (χ1n) is 3.15. The van der Waals surface area contributed by atoms with Gasteiger partial charge in [-0.25, -0.2) is 4.39 Å². The summed E-state index contributed by atoms with van der Waals surface area (Å²) in [6.07, 6.45) is 0. The summed E-state index contributed by atoms with van der Waals surface area (Å²) in [7, 11) is 0. The van der Waals surface area contributed by atoms with Gasteiger partial charge < -0.3 is 4.98 Å². The van der Waals surface area contributed by atoms with Crippen LogP contribution in [0, 0.1) is 9.77 Å². The maximum absolute atomic E-state index is 12.8. The zero-order chi connectivity index (χ0) is 8.72. The van der Waals surface area contributed by atoms with Crippen LogP contribution in [0.1, 0.15) is 0 Å². The van der Waals surface area contributed by atoms with Crippen molar-refractivity contribution in [1.82, 2.24) is 4.98 Å². The van der Waals surface area contributed by atoms with Crippen LogP contribution in [0.2, 0.25) is 0 Å². The molecule has 0 saturated carbocycles. The monoisotopic (exact) mass is 263 g/mol. The van der Waals surface area contributed by atoms with E-state index in [1.807, 2.05) is 0 Å². The van der Waals surface area contributed by atoms with Crippen molar-refractivity contribution < 1.29 is 4.39 Å². The molecule has 0 aliphatic carbocycles.